The molecule has 0 radical (unpaired) electrons. The topological polar surface area (TPSA) is 44.2 Å². The van der Waals surface area contributed by atoms with Crippen LogP contribution in [0.2, 0.25) is 5.15 Å². The quantitative estimate of drug-likeness (QED) is 0.814. The van der Waals surface area contributed by atoms with Crippen LogP contribution in [-0.4, -0.2) is 24.2 Å². The Balaban J connectivity index is 2.11. The van der Waals surface area contributed by atoms with Crippen molar-refractivity contribution in [3.63, 3.8) is 0 Å². The van der Waals surface area contributed by atoms with Gasteiger partial charge in [-0.1, -0.05) is 11.6 Å². The van der Waals surface area contributed by atoms with Gasteiger partial charge in [-0.05, 0) is 31.4 Å². The summed E-state index contributed by atoms with van der Waals surface area (Å²) in [5.41, 5.74) is 2.96. The van der Waals surface area contributed by atoms with Crippen LogP contribution in [0.15, 0.2) is 18.2 Å². The molecule has 0 amide bonds. The molecule has 1 aromatic heterocycles. The third-order valence-corrected chi connectivity index (χ3v) is 3.84. The molecule has 0 bridgehead atoms. The Morgan fingerprint density at radius 3 is 2.70 bits per heavy atom. The maximum Gasteiger partial charge on any atom is 0.164 e. The first-order valence-corrected chi connectivity index (χ1v) is 6.88. The largest absolute Gasteiger partial charge is 0.497 e. The van der Waals surface area contributed by atoms with Gasteiger partial charge in [0.25, 0.3) is 0 Å². The van der Waals surface area contributed by atoms with E-state index in [0.29, 0.717) is 16.7 Å². The molecule has 0 spiro atoms. The highest BCUT2D eigenvalue weighted by Crippen LogP contribution is 2.34. The van der Waals surface area contributed by atoms with Crippen LogP contribution in [0.5, 0.6) is 11.5 Å². The van der Waals surface area contributed by atoms with Crippen molar-refractivity contribution >= 4 is 11.6 Å². The highest BCUT2D eigenvalue weighted by molar-refractivity contribution is 6.30. The van der Waals surface area contributed by atoms with E-state index in [-0.39, 0.29) is 0 Å². The van der Waals surface area contributed by atoms with Crippen molar-refractivity contribution in [3.8, 4) is 22.9 Å². The van der Waals surface area contributed by atoms with Crippen LogP contribution >= 0.6 is 11.6 Å². The van der Waals surface area contributed by atoms with E-state index in [1.54, 1.807) is 14.2 Å². The number of methoxy groups -OCH3 is 2. The molecule has 1 aliphatic rings. The summed E-state index contributed by atoms with van der Waals surface area (Å²) >= 11 is 6.26. The van der Waals surface area contributed by atoms with Crippen molar-refractivity contribution in [2.75, 3.05) is 14.2 Å². The van der Waals surface area contributed by atoms with Crippen molar-refractivity contribution < 1.29 is 9.47 Å². The van der Waals surface area contributed by atoms with E-state index in [9.17, 15) is 0 Å². The number of halogens is 1. The summed E-state index contributed by atoms with van der Waals surface area (Å²) in [4.78, 5) is 9.04. The molecular formula is C15H15ClN2O2. The summed E-state index contributed by atoms with van der Waals surface area (Å²) in [6.07, 6.45) is 3.02. The number of aromatic nitrogens is 2. The molecule has 0 unspecified atom stereocenters. The highest BCUT2D eigenvalue weighted by atomic mass is 35.5. The molecule has 2 aromatic rings. The van der Waals surface area contributed by atoms with Crippen molar-refractivity contribution in [1.82, 2.24) is 9.97 Å². The molecule has 5 heteroatoms. The van der Waals surface area contributed by atoms with Gasteiger partial charge in [-0.2, -0.15) is 0 Å². The predicted molar refractivity (Wildman–Crippen MR) is 77.6 cm³/mol. The molecule has 0 fully saturated rings. The molecule has 0 atom stereocenters. The third-order valence-electron chi connectivity index (χ3n) is 3.53. The van der Waals surface area contributed by atoms with Gasteiger partial charge in [-0.25, -0.2) is 9.97 Å². The Morgan fingerprint density at radius 2 is 1.95 bits per heavy atom. The van der Waals surface area contributed by atoms with Gasteiger partial charge in [0.1, 0.15) is 16.7 Å². The average molecular weight is 291 g/mol. The van der Waals surface area contributed by atoms with Crippen LogP contribution in [0.3, 0.4) is 0 Å². The number of aryl methyl sites for hydroxylation is 1. The van der Waals surface area contributed by atoms with Crippen molar-refractivity contribution in [2.24, 2.45) is 0 Å². The summed E-state index contributed by atoms with van der Waals surface area (Å²) in [5.74, 6) is 2.02. The summed E-state index contributed by atoms with van der Waals surface area (Å²) in [7, 11) is 3.24. The smallest absolute Gasteiger partial charge is 0.164 e. The van der Waals surface area contributed by atoms with Crippen LogP contribution in [0.1, 0.15) is 17.7 Å². The normalized spacial score (nSPS) is 13.2. The number of hydrogen-bond donors (Lipinski definition) is 0. The molecular weight excluding hydrogens is 276 g/mol. The second-order valence-electron chi connectivity index (χ2n) is 4.68. The molecule has 3 rings (SSSR count). The maximum absolute atomic E-state index is 6.26. The summed E-state index contributed by atoms with van der Waals surface area (Å²) in [6, 6.07) is 5.58. The second kappa shape index (κ2) is 5.29. The van der Waals surface area contributed by atoms with E-state index < -0.39 is 0 Å². The molecule has 1 aromatic carbocycles. The Morgan fingerprint density at radius 1 is 1.10 bits per heavy atom. The van der Waals surface area contributed by atoms with Crippen LogP contribution < -0.4 is 9.47 Å². The lowest BCUT2D eigenvalue weighted by atomic mass is 10.1. The minimum Gasteiger partial charge on any atom is -0.497 e. The molecule has 0 aliphatic heterocycles. The van der Waals surface area contributed by atoms with Gasteiger partial charge in [-0.15, -0.1) is 0 Å². The van der Waals surface area contributed by atoms with Crippen molar-refractivity contribution in [3.05, 3.63) is 34.6 Å². The van der Waals surface area contributed by atoms with E-state index in [4.69, 9.17) is 21.1 Å². The van der Waals surface area contributed by atoms with Crippen molar-refractivity contribution in [1.29, 1.82) is 0 Å². The number of nitrogens with zero attached hydrogens (tertiary/aromatic N) is 2. The molecule has 20 heavy (non-hydrogen) atoms. The zero-order valence-electron chi connectivity index (χ0n) is 11.4. The molecule has 0 N–H and O–H groups in total. The molecule has 4 nitrogen and oxygen atoms in total. The number of ether oxygens (including phenoxy) is 2. The molecule has 1 heterocycles. The van der Waals surface area contributed by atoms with Gasteiger partial charge in [0, 0.05) is 17.3 Å². The van der Waals surface area contributed by atoms with Gasteiger partial charge < -0.3 is 9.47 Å². The van der Waals surface area contributed by atoms with Gasteiger partial charge >= 0.3 is 0 Å². The standard InChI is InChI=1S/C15H15ClN2O2/c1-19-9-6-7-11(13(8-9)20-2)15-17-12-5-3-4-10(12)14(16)18-15/h6-8H,3-5H2,1-2H3. The van der Waals surface area contributed by atoms with E-state index in [2.05, 4.69) is 9.97 Å². The zero-order chi connectivity index (χ0) is 14.1. The second-order valence-corrected chi connectivity index (χ2v) is 5.04. The average Bonchev–Trinajstić information content (AvgIpc) is 2.95. The van der Waals surface area contributed by atoms with Crippen LogP contribution in [0.4, 0.5) is 0 Å². The summed E-state index contributed by atoms with van der Waals surface area (Å²) < 4.78 is 10.6. The first kappa shape index (κ1) is 13.2. The first-order chi connectivity index (χ1) is 9.72. The van der Waals surface area contributed by atoms with E-state index in [1.807, 2.05) is 18.2 Å². The van der Waals surface area contributed by atoms with Crippen LogP contribution in [-0.2, 0) is 12.8 Å². The molecule has 0 saturated carbocycles. The Kier molecular flexibility index (Phi) is 3.49. The number of hydrogen-bond acceptors (Lipinski definition) is 4. The van der Waals surface area contributed by atoms with E-state index in [0.717, 1.165) is 41.8 Å². The van der Waals surface area contributed by atoms with Crippen LogP contribution in [0.25, 0.3) is 11.4 Å². The fourth-order valence-corrected chi connectivity index (χ4v) is 2.77. The van der Waals surface area contributed by atoms with Crippen LogP contribution in [0, 0.1) is 0 Å². The Hall–Kier alpha value is -1.81. The minimum atomic E-state index is 0.556. The first-order valence-electron chi connectivity index (χ1n) is 6.50. The summed E-state index contributed by atoms with van der Waals surface area (Å²) in [5, 5.41) is 0.556. The highest BCUT2D eigenvalue weighted by Gasteiger charge is 2.20. The minimum absolute atomic E-state index is 0.556. The number of rotatable bonds is 3. The van der Waals surface area contributed by atoms with Gasteiger partial charge in [0.2, 0.25) is 0 Å². The number of fused-ring (bicyclic) bond motifs is 1. The molecule has 1 aliphatic carbocycles. The molecule has 104 valence electrons. The van der Waals surface area contributed by atoms with Gasteiger partial charge in [0.05, 0.1) is 19.8 Å². The Labute approximate surface area is 122 Å². The van der Waals surface area contributed by atoms with Gasteiger partial charge in [-0.3, -0.25) is 0 Å². The van der Waals surface area contributed by atoms with Gasteiger partial charge in [0.15, 0.2) is 5.82 Å². The molecule has 0 saturated heterocycles. The fourth-order valence-electron chi connectivity index (χ4n) is 2.49. The fraction of sp³-hybridized carbons (Fsp3) is 0.333. The summed E-state index contributed by atoms with van der Waals surface area (Å²) in [6.45, 7) is 0. The van der Waals surface area contributed by atoms with E-state index in [1.165, 1.54) is 0 Å². The maximum atomic E-state index is 6.26. The van der Waals surface area contributed by atoms with Crippen molar-refractivity contribution in [2.45, 2.75) is 19.3 Å². The lowest BCUT2D eigenvalue weighted by Crippen LogP contribution is -1.99. The lowest BCUT2D eigenvalue weighted by Gasteiger charge is -2.11. The van der Waals surface area contributed by atoms with E-state index >= 15 is 0 Å². The monoisotopic (exact) mass is 290 g/mol. The lowest BCUT2D eigenvalue weighted by molar-refractivity contribution is 0.395. The predicted octanol–water partition coefficient (Wildman–Crippen LogP) is 3.30. The SMILES string of the molecule is COc1ccc(-c2nc(Cl)c3c(n2)CCC3)c(OC)c1. The number of benzene rings is 1. The Bertz CT molecular complexity index is 659. The third kappa shape index (κ3) is 2.20. The zero-order valence-corrected chi connectivity index (χ0v) is 12.2.